The summed E-state index contributed by atoms with van der Waals surface area (Å²) in [5, 5.41) is 5.17. The lowest BCUT2D eigenvalue weighted by Crippen LogP contribution is -2.07. The van der Waals surface area contributed by atoms with E-state index >= 15 is 0 Å². The fraction of sp³-hybridized carbons (Fsp3) is 0.250. The first-order valence-electron chi connectivity index (χ1n) is 5.25. The van der Waals surface area contributed by atoms with Gasteiger partial charge in [0.25, 0.3) is 0 Å². The first kappa shape index (κ1) is 12.6. The molecule has 2 N–H and O–H groups in total. The van der Waals surface area contributed by atoms with Crippen LogP contribution in [0.3, 0.4) is 0 Å². The van der Waals surface area contributed by atoms with Crippen molar-refractivity contribution >= 4 is 27.5 Å². The van der Waals surface area contributed by atoms with Gasteiger partial charge < -0.3 is 5.73 Å². The molecule has 0 saturated carbocycles. The van der Waals surface area contributed by atoms with Gasteiger partial charge >= 0.3 is 0 Å². The van der Waals surface area contributed by atoms with Crippen molar-refractivity contribution in [2.75, 3.05) is 0 Å². The van der Waals surface area contributed by atoms with Crippen molar-refractivity contribution in [3.05, 3.63) is 44.6 Å². The highest BCUT2D eigenvalue weighted by molar-refractivity contribution is 9.10. The van der Waals surface area contributed by atoms with E-state index in [9.17, 15) is 0 Å². The van der Waals surface area contributed by atoms with E-state index in [-0.39, 0.29) is 0 Å². The van der Waals surface area contributed by atoms with Gasteiger partial charge in [0.1, 0.15) is 0 Å². The molecule has 0 aliphatic heterocycles. The van der Waals surface area contributed by atoms with Crippen molar-refractivity contribution in [2.24, 2.45) is 5.73 Å². The smallest absolute Gasteiger partial charge is 0.0743 e. The minimum atomic E-state index is 0.461. The quantitative estimate of drug-likeness (QED) is 0.923. The lowest BCUT2D eigenvalue weighted by Gasteiger charge is -2.10. The molecule has 0 atom stereocenters. The zero-order valence-electron chi connectivity index (χ0n) is 9.67. The van der Waals surface area contributed by atoms with Crippen LogP contribution in [-0.4, -0.2) is 9.78 Å². The van der Waals surface area contributed by atoms with Gasteiger partial charge in [0.15, 0.2) is 0 Å². The summed E-state index contributed by atoms with van der Waals surface area (Å²) in [7, 11) is 0. The maximum absolute atomic E-state index is 6.03. The summed E-state index contributed by atoms with van der Waals surface area (Å²) in [6.45, 7) is 4.42. The summed E-state index contributed by atoms with van der Waals surface area (Å²) >= 11 is 9.54. The Hall–Kier alpha value is -0.840. The van der Waals surface area contributed by atoms with Crippen molar-refractivity contribution in [2.45, 2.75) is 20.4 Å². The van der Waals surface area contributed by atoms with Crippen LogP contribution < -0.4 is 5.73 Å². The summed E-state index contributed by atoms with van der Waals surface area (Å²) in [4.78, 5) is 0. The minimum Gasteiger partial charge on any atom is -0.326 e. The number of aromatic nitrogens is 2. The second-order valence-corrected chi connectivity index (χ2v) is 5.10. The Labute approximate surface area is 114 Å². The molecule has 2 aromatic rings. The zero-order valence-corrected chi connectivity index (χ0v) is 12.0. The van der Waals surface area contributed by atoms with Gasteiger partial charge in [0.2, 0.25) is 0 Å². The van der Waals surface area contributed by atoms with Crippen molar-refractivity contribution in [3.63, 3.8) is 0 Å². The number of nitrogens with two attached hydrogens (primary N) is 1. The van der Waals surface area contributed by atoms with Gasteiger partial charge in [0.05, 0.1) is 21.5 Å². The summed E-state index contributed by atoms with van der Waals surface area (Å²) in [6.07, 6.45) is 0. The Morgan fingerprint density at radius 1 is 1.41 bits per heavy atom. The highest BCUT2D eigenvalue weighted by Gasteiger charge is 2.13. The normalized spacial score (nSPS) is 10.9. The lowest BCUT2D eigenvalue weighted by atomic mass is 10.2. The van der Waals surface area contributed by atoms with Crippen LogP contribution in [0.2, 0.25) is 5.02 Å². The van der Waals surface area contributed by atoms with Gasteiger partial charge in [-0.25, -0.2) is 4.68 Å². The molecule has 0 saturated heterocycles. The van der Waals surface area contributed by atoms with Gasteiger partial charge in [-0.1, -0.05) is 17.7 Å². The molecule has 1 aromatic heterocycles. The number of benzene rings is 1. The Bertz CT molecular complexity index is 563. The highest BCUT2D eigenvalue weighted by Crippen LogP contribution is 2.26. The summed E-state index contributed by atoms with van der Waals surface area (Å²) < 4.78 is 2.88. The number of aryl methyl sites for hydroxylation is 1. The molecule has 1 aromatic carbocycles. The second-order valence-electron chi connectivity index (χ2n) is 3.87. The molecule has 0 aliphatic carbocycles. The van der Waals surface area contributed by atoms with E-state index in [1.807, 2.05) is 36.7 Å². The van der Waals surface area contributed by atoms with Gasteiger partial charge in [-0.3, -0.25) is 0 Å². The maximum Gasteiger partial charge on any atom is 0.0743 e. The predicted molar refractivity (Wildman–Crippen MR) is 73.6 cm³/mol. The minimum absolute atomic E-state index is 0.461. The van der Waals surface area contributed by atoms with Crippen LogP contribution >= 0.6 is 27.5 Å². The van der Waals surface area contributed by atoms with Crippen LogP contribution in [0.1, 0.15) is 17.0 Å². The summed E-state index contributed by atoms with van der Waals surface area (Å²) in [5.74, 6) is 0. The standard InChI is InChI=1S/C12H13BrClN3/c1-7-12(13)8(2)17(16-7)11-5-10(14)4-3-9(11)6-15/h3-5H,6,15H2,1-2H3. The third-order valence-corrected chi connectivity index (χ3v) is 4.08. The highest BCUT2D eigenvalue weighted by atomic mass is 79.9. The van der Waals surface area contributed by atoms with Crippen LogP contribution in [0.25, 0.3) is 5.69 Å². The third kappa shape index (κ3) is 2.25. The van der Waals surface area contributed by atoms with E-state index in [0.29, 0.717) is 11.6 Å². The molecule has 90 valence electrons. The van der Waals surface area contributed by atoms with Crippen LogP contribution in [0, 0.1) is 13.8 Å². The van der Waals surface area contributed by atoms with Crippen LogP contribution in [0.5, 0.6) is 0 Å². The average molecular weight is 315 g/mol. The summed E-state index contributed by atoms with van der Waals surface area (Å²) in [5.41, 5.74) is 9.68. The van der Waals surface area contributed by atoms with Crippen molar-refractivity contribution in [1.29, 1.82) is 0 Å². The molecule has 0 amide bonds. The Kier molecular flexibility index (Phi) is 3.56. The molecule has 2 rings (SSSR count). The van der Waals surface area contributed by atoms with Gasteiger partial charge in [-0.2, -0.15) is 5.10 Å². The molecule has 0 fully saturated rings. The Balaban J connectivity index is 2.67. The third-order valence-electron chi connectivity index (χ3n) is 2.70. The molecule has 3 nitrogen and oxygen atoms in total. The first-order valence-corrected chi connectivity index (χ1v) is 6.42. The molecule has 0 unspecified atom stereocenters. The zero-order chi connectivity index (χ0) is 12.6. The first-order chi connectivity index (χ1) is 8.04. The number of nitrogens with zero attached hydrogens (tertiary/aromatic N) is 2. The SMILES string of the molecule is Cc1nn(-c2cc(Cl)ccc2CN)c(C)c1Br. The molecule has 5 heteroatoms. The van der Waals surface area contributed by atoms with Crippen LogP contribution in [0.4, 0.5) is 0 Å². The molecular formula is C12H13BrClN3. The van der Waals surface area contributed by atoms with Crippen LogP contribution in [-0.2, 0) is 6.54 Å². The van der Waals surface area contributed by atoms with E-state index in [1.54, 1.807) is 0 Å². The topological polar surface area (TPSA) is 43.8 Å². The monoisotopic (exact) mass is 313 g/mol. The maximum atomic E-state index is 6.03. The van der Waals surface area contributed by atoms with E-state index in [0.717, 1.165) is 27.1 Å². The molecule has 1 heterocycles. The Morgan fingerprint density at radius 3 is 2.65 bits per heavy atom. The molecule has 0 spiro atoms. The molecule has 0 bridgehead atoms. The number of rotatable bonds is 2. The van der Waals surface area contributed by atoms with Gasteiger partial charge in [0, 0.05) is 11.6 Å². The Morgan fingerprint density at radius 2 is 2.12 bits per heavy atom. The van der Waals surface area contributed by atoms with Crippen LogP contribution in [0.15, 0.2) is 22.7 Å². The molecule has 0 radical (unpaired) electrons. The predicted octanol–water partition coefficient (Wildman–Crippen LogP) is 3.36. The van der Waals surface area contributed by atoms with Gasteiger partial charge in [-0.15, -0.1) is 0 Å². The largest absolute Gasteiger partial charge is 0.326 e. The average Bonchev–Trinajstić information content (AvgIpc) is 2.57. The molecular weight excluding hydrogens is 302 g/mol. The summed E-state index contributed by atoms with van der Waals surface area (Å²) in [6, 6.07) is 5.66. The number of halogens is 2. The van der Waals surface area contributed by atoms with E-state index < -0.39 is 0 Å². The fourth-order valence-corrected chi connectivity index (χ4v) is 2.18. The number of hydrogen-bond donors (Lipinski definition) is 1. The fourth-order valence-electron chi connectivity index (χ4n) is 1.77. The molecule has 0 aliphatic rings. The van der Waals surface area contributed by atoms with Crippen molar-refractivity contribution in [3.8, 4) is 5.69 Å². The van der Waals surface area contributed by atoms with Crippen molar-refractivity contribution in [1.82, 2.24) is 9.78 Å². The van der Waals surface area contributed by atoms with E-state index in [2.05, 4.69) is 21.0 Å². The molecule has 17 heavy (non-hydrogen) atoms. The van der Waals surface area contributed by atoms with E-state index in [1.165, 1.54) is 0 Å². The van der Waals surface area contributed by atoms with Gasteiger partial charge in [-0.05, 0) is 47.5 Å². The van der Waals surface area contributed by atoms with Crippen molar-refractivity contribution < 1.29 is 0 Å². The second kappa shape index (κ2) is 4.80. The number of hydrogen-bond acceptors (Lipinski definition) is 2. The van der Waals surface area contributed by atoms with E-state index in [4.69, 9.17) is 17.3 Å². The lowest BCUT2D eigenvalue weighted by molar-refractivity contribution is 0.817.